The van der Waals surface area contributed by atoms with Gasteiger partial charge in [-0.05, 0) is 47.7 Å². The van der Waals surface area contributed by atoms with E-state index in [0.717, 1.165) is 11.1 Å². The quantitative estimate of drug-likeness (QED) is 0.254. The largest absolute Gasteiger partial charge is 0.505 e. The first kappa shape index (κ1) is 22.7. The molecule has 1 amide bonds. The number of aliphatic hydroxyl groups excluding tert-OH is 1. The van der Waals surface area contributed by atoms with Crippen LogP contribution in [0, 0.1) is 6.92 Å². The number of likely N-dealkylation sites (tertiary alicyclic amines) is 1. The molecule has 1 N–H and O–H groups in total. The zero-order valence-corrected chi connectivity index (χ0v) is 20.1. The average Bonchev–Trinajstić information content (AvgIpc) is 3.51. The molecule has 1 atom stereocenters. The number of imidazole rings is 1. The fourth-order valence-electron chi connectivity index (χ4n) is 4.65. The highest BCUT2D eigenvalue weighted by Crippen LogP contribution is 2.41. The third kappa shape index (κ3) is 3.83. The highest BCUT2D eigenvalue weighted by Gasteiger charge is 2.47. The van der Waals surface area contributed by atoms with Gasteiger partial charge in [-0.15, -0.1) is 0 Å². The van der Waals surface area contributed by atoms with Crippen molar-refractivity contribution in [3.63, 3.8) is 0 Å². The molecule has 3 aromatic heterocycles. The molecule has 1 fully saturated rings. The fraction of sp³-hybridized carbons (Fsp3) is 0.250. The Hall–Kier alpha value is -4.13. The van der Waals surface area contributed by atoms with Crippen molar-refractivity contribution in [2.24, 2.45) is 0 Å². The van der Waals surface area contributed by atoms with Crippen molar-refractivity contribution in [2.75, 3.05) is 0 Å². The first-order valence-electron chi connectivity index (χ1n) is 11.5. The van der Waals surface area contributed by atoms with Gasteiger partial charge in [0.05, 0.1) is 30.1 Å². The van der Waals surface area contributed by atoms with Gasteiger partial charge in [-0.3, -0.25) is 14.0 Å². The van der Waals surface area contributed by atoms with Crippen LogP contribution in [0.4, 0.5) is 0 Å². The SMILES string of the molecule is Cc1nc2ccccn2c1C(O)=C1C(=O)C(=O)N(Cc2ccco2)C1c1ccc(C(C)(C)C)cc1. The van der Waals surface area contributed by atoms with E-state index in [-0.39, 0.29) is 23.3 Å². The lowest BCUT2D eigenvalue weighted by molar-refractivity contribution is -0.140. The third-order valence-corrected chi connectivity index (χ3v) is 6.47. The van der Waals surface area contributed by atoms with Gasteiger partial charge in [-0.25, -0.2) is 4.98 Å². The molecule has 35 heavy (non-hydrogen) atoms. The summed E-state index contributed by atoms with van der Waals surface area (Å²) in [6, 6.07) is 16.1. The smallest absolute Gasteiger partial charge is 0.296 e. The maximum atomic E-state index is 13.4. The van der Waals surface area contributed by atoms with Crippen LogP contribution in [0.25, 0.3) is 11.4 Å². The summed E-state index contributed by atoms with van der Waals surface area (Å²) in [5.74, 6) is -1.11. The minimum atomic E-state index is -0.775. The van der Waals surface area contributed by atoms with Crippen LogP contribution in [0.5, 0.6) is 0 Å². The summed E-state index contributed by atoms with van der Waals surface area (Å²) in [6.07, 6.45) is 3.30. The molecule has 0 bridgehead atoms. The molecule has 1 saturated heterocycles. The number of carbonyl (C=O) groups excluding carboxylic acids is 2. The molecule has 5 rings (SSSR count). The number of benzene rings is 1. The number of hydrogen-bond acceptors (Lipinski definition) is 5. The highest BCUT2D eigenvalue weighted by molar-refractivity contribution is 6.46. The number of pyridine rings is 1. The van der Waals surface area contributed by atoms with Crippen molar-refractivity contribution in [1.82, 2.24) is 14.3 Å². The molecule has 4 aromatic rings. The number of aliphatic hydroxyl groups is 1. The van der Waals surface area contributed by atoms with E-state index in [1.54, 1.807) is 29.7 Å². The second-order valence-electron chi connectivity index (χ2n) is 9.85. The van der Waals surface area contributed by atoms with Gasteiger partial charge in [0.15, 0.2) is 5.76 Å². The number of aryl methyl sites for hydroxylation is 1. The van der Waals surface area contributed by atoms with Gasteiger partial charge in [0.25, 0.3) is 11.7 Å². The van der Waals surface area contributed by atoms with Crippen LogP contribution in [-0.4, -0.2) is 31.1 Å². The van der Waals surface area contributed by atoms with E-state index < -0.39 is 17.7 Å². The Balaban J connectivity index is 1.70. The summed E-state index contributed by atoms with van der Waals surface area (Å²) in [5, 5.41) is 11.5. The number of rotatable bonds is 4. The number of hydrogen-bond donors (Lipinski definition) is 1. The molecule has 1 aliphatic heterocycles. The van der Waals surface area contributed by atoms with Crippen LogP contribution in [0.15, 0.2) is 77.0 Å². The summed E-state index contributed by atoms with van der Waals surface area (Å²) in [6.45, 7) is 8.25. The Morgan fingerprint density at radius 3 is 2.46 bits per heavy atom. The molecule has 178 valence electrons. The third-order valence-electron chi connectivity index (χ3n) is 6.47. The first-order chi connectivity index (χ1) is 16.7. The molecule has 1 aromatic carbocycles. The molecule has 0 radical (unpaired) electrons. The molecule has 0 aliphatic carbocycles. The lowest BCUT2D eigenvalue weighted by Crippen LogP contribution is -2.29. The van der Waals surface area contributed by atoms with Gasteiger partial charge < -0.3 is 14.4 Å². The zero-order valence-electron chi connectivity index (χ0n) is 20.1. The molecular formula is C28H27N3O4. The summed E-state index contributed by atoms with van der Waals surface area (Å²) >= 11 is 0. The Labute approximate surface area is 203 Å². The zero-order chi connectivity index (χ0) is 24.9. The Morgan fingerprint density at radius 1 is 1.06 bits per heavy atom. The number of amides is 1. The van der Waals surface area contributed by atoms with Crippen LogP contribution in [0.1, 0.15) is 55.1 Å². The van der Waals surface area contributed by atoms with Gasteiger partial charge in [0.1, 0.15) is 17.1 Å². The van der Waals surface area contributed by atoms with Gasteiger partial charge in [-0.2, -0.15) is 0 Å². The predicted octanol–water partition coefficient (Wildman–Crippen LogP) is 5.16. The van der Waals surface area contributed by atoms with Crippen molar-refractivity contribution >= 4 is 23.1 Å². The van der Waals surface area contributed by atoms with Gasteiger partial charge in [0.2, 0.25) is 0 Å². The van der Waals surface area contributed by atoms with Crippen LogP contribution < -0.4 is 0 Å². The van der Waals surface area contributed by atoms with Gasteiger partial charge in [0, 0.05) is 6.20 Å². The van der Waals surface area contributed by atoms with E-state index in [2.05, 4.69) is 25.8 Å². The Kier molecular flexibility index (Phi) is 5.35. The Bertz CT molecular complexity index is 1450. The number of fused-ring (bicyclic) bond motifs is 1. The van der Waals surface area contributed by atoms with E-state index >= 15 is 0 Å². The van der Waals surface area contributed by atoms with Crippen LogP contribution in [0.3, 0.4) is 0 Å². The lowest BCUT2D eigenvalue weighted by atomic mass is 9.85. The minimum Gasteiger partial charge on any atom is -0.505 e. The number of carbonyl (C=O) groups is 2. The van der Waals surface area contributed by atoms with E-state index in [4.69, 9.17) is 4.42 Å². The molecule has 4 heterocycles. The van der Waals surface area contributed by atoms with E-state index in [1.165, 1.54) is 11.2 Å². The fourth-order valence-corrected chi connectivity index (χ4v) is 4.65. The Morgan fingerprint density at radius 2 is 1.80 bits per heavy atom. The van der Waals surface area contributed by atoms with Gasteiger partial charge in [-0.1, -0.05) is 51.1 Å². The van der Waals surface area contributed by atoms with Crippen molar-refractivity contribution in [2.45, 2.75) is 45.7 Å². The summed E-state index contributed by atoms with van der Waals surface area (Å²) in [5.41, 5.74) is 3.45. The van der Waals surface area contributed by atoms with Crippen molar-refractivity contribution in [3.8, 4) is 0 Å². The summed E-state index contributed by atoms with van der Waals surface area (Å²) in [7, 11) is 0. The second-order valence-corrected chi connectivity index (χ2v) is 9.85. The van der Waals surface area contributed by atoms with E-state index in [9.17, 15) is 14.7 Å². The van der Waals surface area contributed by atoms with Crippen LogP contribution in [-0.2, 0) is 21.5 Å². The van der Waals surface area contributed by atoms with E-state index in [0.29, 0.717) is 22.8 Å². The van der Waals surface area contributed by atoms with E-state index in [1.807, 2.05) is 42.5 Å². The predicted molar refractivity (Wildman–Crippen MR) is 132 cm³/mol. The van der Waals surface area contributed by atoms with Crippen molar-refractivity contribution in [3.05, 3.63) is 101 Å². The second kappa shape index (κ2) is 8.27. The molecule has 1 unspecified atom stereocenters. The number of ketones is 1. The monoisotopic (exact) mass is 469 g/mol. The first-order valence-corrected chi connectivity index (χ1v) is 11.5. The van der Waals surface area contributed by atoms with Crippen LogP contribution in [0.2, 0.25) is 0 Å². The van der Waals surface area contributed by atoms with Crippen LogP contribution >= 0.6 is 0 Å². The molecular weight excluding hydrogens is 442 g/mol. The standard InChI is InChI=1S/C28H27N3O4/c1-17-23(30-14-6-5-9-21(30)29-17)25(32)22-24(18-10-12-19(13-11-18)28(2,3)4)31(27(34)26(22)33)16-20-8-7-15-35-20/h5-15,24,32H,16H2,1-4H3. The summed E-state index contributed by atoms with van der Waals surface area (Å²) < 4.78 is 7.20. The molecule has 0 spiro atoms. The highest BCUT2D eigenvalue weighted by atomic mass is 16.3. The lowest BCUT2D eigenvalue weighted by Gasteiger charge is -2.26. The average molecular weight is 470 g/mol. The number of nitrogens with zero attached hydrogens (tertiary/aromatic N) is 3. The van der Waals surface area contributed by atoms with Crippen molar-refractivity contribution < 1.29 is 19.1 Å². The molecule has 0 saturated carbocycles. The maximum Gasteiger partial charge on any atom is 0.296 e. The minimum absolute atomic E-state index is 0.0406. The number of furan rings is 1. The maximum absolute atomic E-state index is 13.4. The molecule has 7 heteroatoms. The normalized spacial score (nSPS) is 18.1. The van der Waals surface area contributed by atoms with Crippen molar-refractivity contribution in [1.29, 1.82) is 0 Å². The number of Topliss-reactive ketones (excluding diaryl/α,β-unsaturated/α-hetero) is 1. The molecule has 7 nitrogen and oxygen atoms in total. The number of aromatic nitrogens is 2. The van der Waals surface area contributed by atoms with Gasteiger partial charge >= 0.3 is 0 Å². The topological polar surface area (TPSA) is 88.0 Å². The molecule has 1 aliphatic rings. The summed E-state index contributed by atoms with van der Waals surface area (Å²) in [4.78, 5) is 32.6.